The largest absolute Gasteiger partial charge is 0.381 e. The number of nitrogens with one attached hydrogen (secondary N) is 1. The molecule has 138 valence electrons. The number of rotatable bonds is 4. The third kappa shape index (κ3) is 3.23. The van der Waals surface area contributed by atoms with Gasteiger partial charge in [0.15, 0.2) is 5.82 Å². The van der Waals surface area contributed by atoms with E-state index < -0.39 is 0 Å². The minimum absolute atomic E-state index is 0.0742. The molecule has 2 aromatic heterocycles. The molecule has 2 aliphatic carbocycles. The highest BCUT2D eigenvalue weighted by atomic mass is 16.5. The van der Waals surface area contributed by atoms with Crippen LogP contribution in [0, 0.1) is 0 Å². The molecule has 0 atom stereocenters. The lowest BCUT2D eigenvalue weighted by molar-refractivity contribution is 0.0598. The number of imidazole rings is 1. The van der Waals surface area contributed by atoms with E-state index >= 15 is 0 Å². The van der Waals surface area contributed by atoms with Gasteiger partial charge in [-0.1, -0.05) is 0 Å². The zero-order valence-electron chi connectivity index (χ0n) is 15.4. The molecule has 0 saturated heterocycles. The Labute approximate surface area is 153 Å². The number of hydrogen-bond acceptors (Lipinski definition) is 5. The van der Waals surface area contributed by atoms with Gasteiger partial charge in [-0.05, 0) is 44.9 Å². The number of carbonyl (C=O) groups is 1. The first-order chi connectivity index (χ1) is 12.7. The van der Waals surface area contributed by atoms with Crippen molar-refractivity contribution >= 4 is 5.91 Å². The summed E-state index contributed by atoms with van der Waals surface area (Å²) in [5, 5.41) is 3.19. The maximum atomic E-state index is 13.0. The zero-order chi connectivity index (χ0) is 18.1. The van der Waals surface area contributed by atoms with E-state index in [1.54, 1.807) is 19.6 Å². The molecule has 1 saturated carbocycles. The molecule has 0 spiro atoms. The summed E-state index contributed by atoms with van der Waals surface area (Å²) < 4.78 is 7.30. The third-order valence-corrected chi connectivity index (χ3v) is 5.54. The van der Waals surface area contributed by atoms with Crippen LogP contribution < -0.4 is 5.32 Å². The number of fused-ring (bicyclic) bond motifs is 1. The molecule has 0 aromatic carbocycles. The number of nitrogens with zero attached hydrogens (tertiary/aromatic N) is 4. The molecule has 26 heavy (non-hydrogen) atoms. The second-order valence-corrected chi connectivity index (χ2v) is 7.25. The van der Waals surface area contributed by atoms with E-state index in [4.69, 9.17) is 9.72 Å². The Morgan fingerprint density at radius 1 is 1.23 bits per heavy atom. The average molecular weight is 355 g/mol. The Kier molecular flexibility index (Phi) is 4.72. The van der Waals surface area contributed by atoms with Gasteiger partial charge in [-0.2, -0.15) is 0 Å². The van der Waals surface area contributed by atoms with E-state index in [2.05, 4.69) is 15.3 Å². The summed E-state index contributed by atoms with van der Waals surface area (Å²) >= 11 is 0. The first kappa shape index (κ1) is 17.1. The lowest BCUT2D eigenvalue weighted by Crippen LogP contribution is -2.39. The van der Waals surface area contributed by atoms with Crippen LogP contribution >= 0.6 is 0 Å². The van der Waals surface area contributed by atoms with Crippen LogP contribution in [0.5, 0.6) is 0 Å². The van der Waals surface area contributed by atoms with Crippen molar-refractivity contribution < 1.29 is 9.53 Å². The minimum Gasteiger partial charge on any atom is -0.381 e. The smallest absolute Gasteiger partial charge is 0.270 e. The molecule has 4 rings (SSSR count). The van der Waals surface area contributed by atoms with E-state index in [1.165, 1.54) is 0 Å². The van der Waals surface area contributed by atoms with Crippen LogP contribution in [-0.2, 0) is 24.6 Å². The number of aromatic nitrogens is 4. The Bertz CT molecular complexity index is 808. The summed E-state index contributed by atoms with van der Waals surface area (Å²) in [6.45, 7) is 0. The zero-order valence-corrected chi connectivity index (χ0v) is 15.4. The summed E-state index contributed by atoms with van der Waals surface area (Å²) in [7, 11) is 3.67. The van der Waals surface area contributed by atoms with Gasteiger partial charge in [-0.15, -0.1) is 0 Å². The van der Waals surface area contributed by atoms with E-state index in [9.17, 15) is 4.79 Å². The predicted molar refractivity (Wildman–Crippen MR) is 96.8 cm³/mol. The number of methoxy groups -OCH3 is 1. The van der Waals surface area contributed by atoms with Crippen LogP contribution in [-0.4, -0.2) is 44.7 Å². The van der Waals surface area contributed by atoms with Crippen LogP contribution in [0.4, 0.5) is 0 Å². The van der Waals surface area contributed by atoms with E-state index in [0.29, 0.717) is 17.6 Å². The summed E-state index contributed by atoms with van der Waals surface area (Å²) in [4.78, 5) is 26.5. The first-order valence-electron chi connectivity index (χ1n) is 9.36. The maximum absolute atomic E-state index is 13.0. The Morgan fingerprint density at radius 3 is 2.73 bits per heavy atom. The van der Waals surface area contributed by atoms with Crippen LogP contribution in [0.1, 0.15) is 53.8 Å². The maximum Gasteiger partial charge on any atom is 0.270 e. The molecular weight excluding hydrogens is 330 g/mol. The standard InChI is InChI=1S/C19H25N5O2/c1-24-11-20-10-16(24)18-22-15-5-3-4-14(15)17(23-18)19(25)21-12-6-8-13(26-2)9-7-12/h10-13H,3-9H2,1-2H3,(H,21,25). The van der Waals surface area contributed by atoms with Gasteiger partial charge in [-0.25, -0.2) is 15.0 Å². The molecule has 7 nitrogen and oxygen atoms in total. The molecule has 1 amide bonds. The topological polar surface area (TPSA) is 81.9 Å². The van der Waals surface area contributed by atoms with E-state index in [1.807, 2.05) is 11.6 Å². The number of amides is 1. The second-order valence-electron chi connectivity index (χ2n) is 7.25. The number of hydrogen-bond donors (Lipinski definition) is 1. The Balaban J connectivity index is 1.58. The van der Waals surface area contributed by atoms with Crippen LogP contribution in [0.2, 0.25) is 0 Å². The molecular formula is C19H25N5O2. The van der Waals surface area contributed by atoms with Crippen molar-refractivity contribution in [1.82, 2.24) is 24.8 Å². The molecule has 0 radical (unpaired) electrons. The predicted octanol–water partition coefficient (Wildman–Crippen LogP) is 2.05. The van der Waals surface area contributed by atoms with Crippen molar-refractivity contribution in [3.8, 4) is 11.5 Å². The van der Waals surface area contributed by atoms with Crippen molar-refractivity contribution in [2.45, 2.75) is 57.1 Å². The average Bonchev–Trinajstić information content (AvgIpc) is 3.30. The fourth-order valence-corrected chi connectivity index (χ4v) is 4.00. The Hall–Kier alpha value is -2.28. The Morgan fingerprint density at radius 2 is 2.04 bits per heavy atom. The van der Waals surface area contributed by atoms with Gasteiger partial charge in [0.2, 0.25) is 0 Å². The fourth-order valence-electron chi connectivity index (χ4n) is 4.00. The van der Waals surface area contributed by atoms with Crippen molar-refractivity contribution in [3.05, 3.63) is 29.5 Å². The summed E-state index contributed by atoms with van der Waals surface area (Å²) in [6.07, 6.45) is 10.5. The number of carbonyl (C=O) groups excluding carboxylic acids is 1. The monoisotopic (exact) mass is 355 g/mol. The summed E-state index contributed by atoms with van der Waals surface area (Å²) in [6, 6.07) is 0.195. The fraction of sp³-hybridized carbons (Fsp3) is 0.579. The van der Waals surface area contributed by atoms with Gasteiger partial charge in [0.1, 0.15) is 11.4 Å². The minimum atomic E-state index is -0.0742. The molecule has 1 N–H and O–H groups in total. The number of aryl methyl sites for hydroxylation is 2. The van der Waals surface area contributed by atoms with Crippen molar-refractivity contribution in [1.29, 1.82) is 0 Å². The molecule has 1 fully saturated rings. The molecule has 0 aliphatic heterocycles. The highest BCUT2D eigenvalue weighted by Gasteiger charge is 2.27. The first-order valence-corrected chi connectivity index (χ1v) is 9.36. The van der Waals surface area contributed by atoms with Gasteiger partial charge in [0, 0.05) is 31.5 Å². The van der Waals surface area contributed by atoms with Crippen LogP contribution in [0.15, 0.2) is 12.5 Å². The van der Waals surface area contributed by atoms with Gasteiger partial charge < -0.3 is 14.6 Å². The highest BCUT2D eigenvalue weighted by molar-refractivity contribution is 5.94. The van der Waals surface area contributed by atoms with Gasteiger partial charge in [0.25, 0.3) is 5.91 Å². The lowest BCUT2D eigenvalue weighted by Gasteiger charge is -2.28. The van der Waals surface area contributed by atoms with Gasteiger partial charge in [0.05, 0.1) is 18.6 Å². The van der Waals surface area contributed by atoms with Crippen molar-refractivity contribution in [2.24, 2.45) is 7.05 Å². The van der Waals surface area contributed by atoms with Gasteiger partial charge in [-0.3, -0.25) is 4.79 Å². The molecule has 2 heterocycles. The summed E-state index contributed by atoms with van der Waals surface area (Å²) in [5.41, 5.74) is 3.38. The molecule has 0 unspecified atom stereocenters. The van der Waals surface area contributed by atoms with Gasteiger partial charge >= 0.3 is 0 Å². The van der Waals surface area contributed by atoms with E-state index in [0.717, 1.165) is 61.9 Å². The molecule has 7 heteroatoms. The molecule has 0 bridgehead atoms. The molecule has 2 aromatic rings. The van der Waals surface area contributed by atoms with Crippen LogP contribution in [0.3, 0.4) is 0 Å². The number of ether oxygens (including phenoxy) is 1. The lowest BCUT2D eigenvalue weighted by atomic mass is 9.93. The van der Waals surface area contributed by atoms with E-state index in [-0.39, 0.29) is 11.9 Å². The normalized spacial score (nSPS) is 22.2. The highest BCUT2D eigenvalue weighted by Crippen LogP contribution is 2.27. The second kappa shape index (κ2) is 7.15. The van der Waals surface area contributed by atoms with Crippen molar-refractivity contribution in [3.63, 3.8) is 0 Å². The van der Waals surface area contributed by atoms with Crippen LogP contribution in [0.25, 0.3) is 11.5 Å². The van der Waals surface area contributed by atoms with Crippen molar-refractivity contribution in [2.75, 3.05) is 7.11 Å². The quantitative estimate of drug-likeness (QED) is 0.908. The summed E-state index contributed by atoms with van der Waals surface area (Å²) in [5.74, 6) is 0.508. The SMILES string of the molecule is COC1CCC(NC(=O)c2nc(-c3cncn3C)nc3c2CCC3)CC1. The molecule has 2 aliphatic rings. The third-order valence-electron chi connectivity index (χ3n) is 5.54.